The molecule has 0 aliphatic heterocycles. The van der Waals surface area contributed by atoms with Gasteiger partial charge in [0.2, 0.25) is 0 Å². The number of phenolic OH excluding ortho intramolecular Hbond substituents is 1. The van der Waals surface area contributed by atoms with Gasteiger partial charge in [0, 0.05) is 0 Å². The second-order valence-corrected chi connectivity index (χ2v) is 4.62. The molecule has 96 valence electrons. The third kappa shape index (κ3) is 2.44. The number of imidazole rings is 1. The molecule has 1 atom stereocenters. The Morgan fingerprint density at radius 3 is 2.58 bits per heavy atom. The molecule has 0 spiro atoms. The van der Waals surface area contributed by atoms with Crippen molar-refractivity contribution in [1.82, 2.24) is 9.97 Å². The summed E-state index contributed by atoms with van der Waals surface area (Å²) in [5.41, 5.74) is 9.18. The highest BCUT2D eigenvalue weighted by molar-refractivity contribution is 5.74. The molecule has 2 aromatic carbocycles. The summed E-state index contributed by atoms with van der Waals surface area (Å²) in [4.78, 5) is 7.74. The van der Waals surface area contributed by atoms with E-state index in [0.717, 1.165) is 22.4 Å². The minimum Gasteiger partial charge on any atom is -0.508 e. The van der Waals surface area contributed by atoms with Gasteiger partial charge in [0.05, 0.1) is 17.1 Å². The standard InChI is InChI=1S/C15H15N3O/c16-12(9-10-5-7-11(19)8-6-10)15-17-13-3-1-2-4-14(13)18-15/h1-8,12,19H,9,16H2,(H,17,18)/t12-/m0/s1. The van der Waals surface area contributed by atoms with Crippen molar-refractivity contribution in [3.05, 3.63) is 59.9 Å². The van der Waals surface area contributed by atoms with E-state index < -0.39 is 0 Å². The number of aromatic amines is 1. The van der Waals surface area contributed by atoms with E-state index >= 15 is 0 Å². The maximum atomic E-state index is 9.25. The van der Waals surface area contributed by atoms with Crippen LogP contribution in [0.4, 0.5) is 0 Å². The second-order valence-electron chi connectivity index (χ2n) is 4.62. The molecule has 19 heavy (non-hydrogen) atoms. The van der Waals surface area contributed by atoms with E-state index in [1.165, 1.54) is 0 Å². The number of nitrogens with one attached hydrogen (secondary N) is 1. The van der Waals surface area contributed by atoms with Crippen molar-refractivity contribution in [2.24, 2.45) is 5.73 Å². The first kappa shape index (κ1) is 11.7. The molecule has 0 aliphatic rings. The van der Waals surface area contributed by atoms with Gasteiger partial charge in [0.25, 0.3) is 0 Å². The van der Waals surface area contributed by atoms with Gasteiger partial charge in [-0.1, -0.05) is 24.3 Å². The summed E-state index contributed by atoms with van der Waals surface area (Å²) >= 11 is 0. The summed E-state index contributed by atoms with van der Waals surface area (Å²) in [6.07, 6.45) is 0.681. The van der Waals surface area contributed by atoms with E-state index in [1.54, 1.807) is 12.1 Å². The topological polar surface area (TPSA) is 74.9 Å². The molecule has 4 N–H and O–H groups in total. The molecule has 1 heterocycles. The zero-order chi connectivity index (χ0) is 13.2. The van der Waals surface area contributed by atoms with Crippen molar-refractivity contribution in [2.75, 3.05) is 0 Å². The fourth-order valence-corrected chi connectivity index (χ4v) is 2.13. The first-order chi connectivity index (χ1) is 9.22. The lowest BCUT2D eigenvalue weighted by atomic mass is 10.1. The van der Waals surface area contributed by atoms with Crippen molar-refractivity contribution in [2.45, 2.75) is 12.5 Å². The van der Waals surface area contributed by atoms with E-state index in [2.05, 4.69) is 9.97 Å². The van der Waals surface area contributed by atoms with Crippen LogP contribution in [0.3, 0.4) is 0 Å². The van der Waals surface area contributed by atoms with Crippen LogP contribution in [0.5, 0.6) is 5.75 Å². The SMILES string of the molecule is N[C@@H](Cc1ccc(O)cc1)c1nc2ccccc2[nH]1. The molecule has 0 bridgehead atoms. The number of benzene rings is 2. The number of fused-ring (bicyclic) bond motifs is 1. The number of nitrogens with two attached hydrogens (primary N) is 1. The Morgan fingerprint density at radius 2 is 1.84 bits per heavy atom. The second kappa shape index (κ2) is 4.74. The number of aromatic nitrogens is 2. The molecule has 3 rings (SSSR count). The average molecular weight is 253 g/mol. The van der Waals surface area contributed by atoms with Gasteiger partial charge >= 0.3 is 0 Å². The van der Waals surface area contributed by atoms with E-state index in [0.29, 0.717) is 6.42 Å². The third-order valence-electron chi connectivity index (χ3n) is 3.15. The van der Waals surface area contributed by atoms with Gasteiger partial charge < -0.3 is 15.8 Å². The average Bonchev–Trinajstić information content (AvgIpc) is 2.85. The van der Waals surface area contributed by atoms with Crippen LogP contribution in [0.15, 0.2) is 48.5 Å². The molecule has 0 unspecified atom stereocenters. The Kier molecular flexibility index (Phi) is 2.93. The van der Waals surface area contributed by atoms with Crippen molar-refractivity contribution in [1.29, 1.82) is 0 Å². The normalized spacial score (nSPS) is 12.7. The van der Waals surface area contributed by atoms with Crippen LogP contribution in [0, 0.1) is 0 Å². The zero-order valence-electron chi connectivity index (χ0n) is 10.4. The number of rotatable bonds is 3. The Labute approximate surface area is 110 Å². The van der Waals surface area contributed by atoms with Crippen LogP contribution in [0.2, 0.25) is 0 Å². The molecule has 0 radical (unpaired) electrons. The number of nitrogens with zero attached hydrogens (tertiary/aromatic N) is 1. The maximum absolute atomic E-state index is 9.25. The summed E-state index contributed by atoms with van der Waals surface area (Å²) in [7, 11) is 0. The largest absolute Gasteiger partial charge is 0.508 e. The van der Waals surface area contributed by atoms with Crippen molar-refractivity contribution >= 4 is 11.0 Å². The summed E-state index contributed by atoms with van der Waals surface area (Å²) < 4.78 is 0. The molecule has 0 fully saturated rings. The van der Waals surface area contributed by atoms with Gasteiger partial charge in [-0.05, 0) is 36.2 Å². The minimum absolute atomic E-state index is 0.183. The lowest BCUT2D eigenvalue weighted by molar-refractivity contribution is 0.475. The smallest absolute Gasteiger partial charge is 0.124 e. The van der Waals surface area contributed by atoms with Gasteiger partial charge in [-0.25, -0.2) is 4.98 Å². The first-order valence-corrected chi connectivity index (χ1v) is 6.20. The minimum atomic E-state index is -0.183. The van der Waals surface area contributed by atoms with Crippen LogP contribution in [0.25, 0.3) is 11.0 Å². The molecular weight excluding hydrogens is 238 g/mol. The van der Waals surface area contributed by atoms with Crippen LogP contribution in [-0.2, 0) is 6.42 Å². The highest BCUT2D eigenvalue weighted by Gasteiger charge is 2.11. The first-order valence-electron chi connectivity index (χ1n) is 6.20. The number of phenols is 1. The molecule has 0 saturated heterocycles. The number of H-pyrrole nitrogens is 1. The summed E-state index contributed by atoms with van der Waals surface area (Å²) in [5.74, 6) is 1.05. The Bertz CT molecular complexity index is 655. The van der Waals surface area contributed by atoms with Crippen LogP contribution < -0.4 is 5.73 Å². The Balaban J connectivity index is 1.83. The molecule has 0 amide bonds. The van der Waals surface area contributed by atoms with Crippen molar-refractivity contribution < 1.29 is 5.11 Å². The van der Waals surface area contributed by atoms with Gasteiger partial charge in [-0.2, -0.15) is 0 Å². The van der Waals surface area contributed by atoms with Crippen LogP contribution >= 0.6 is 0 Å². The molecule has 0 aliphatic carbocycles. The fourth-order valence-electron chi connectivity index (χ4n) is 2.13. The highest BCUT2D eigenvalue weighted by Crippen LogP contribution is 2.19. The summed E-state index contributed by atoms with van der Waals surface area (Å²) in [6.45, 7) is 0. The highest BCUT2D eigenvalue weighted by atomic mass is 16.3. The van der Waals surface area contributed by atoms with Gasteiger partial charge in [0.15, 0.2) is 0 Å². The van der Waals surface area contributed by atoms with E-state index in [1.807, 2.05) is 36.4 Å². The van der Waals surface area contributed by atoms with Crippen LogP contribution in [0.1, 0.15) is 17.4 Å². The monoisotopic (exact) mass is 253 g/mol. The van der Waals surface area contributed by atoms with Crippen molar-refractivity contribution in [3.8, 4) is 5.75 Å². The fraction of sp³-hybridized carbons (Fsp3) is 0.133. The molecule has 3 aromatic rings. The number of aromatic hydroxyl groups is 1. The molecule has 4 nitrogen and oxygen atoms in total. The molecular formula is C15H15N3O. The van der Waals surface area contributed by atoms with Gasteiger partial charge in [-0.15, -0.1) is 0 Å². The number of hydrogen-bond acceptors (Lipinski definition) is 3. The quantitative estimate of drug-likeness (QED) is 0.671. The lowest BCUT2D eigenvalue weighted by Crippen LogP contribution is -2.14. The third-order valence-corrected chi connectivity index (χ3v) is 3.15. The molecule has 1 aromatic heterocycles. The number of para-hydroxylation sites is 2. The maximum Gasteiger partial charge on any atom is 0.124 e. The van der Waals surface area contributed by atoms with Crippen molar-refractivity contribution in [3.63, 3.8) is 0 Å². The van der Waals surface area contributed by atoms with E-state index in [-0.39, 0.29) is 11.8 Å². The predicted octanol–water partition coefficient (Wildman–Crippen LogP) is 2.51. The van der Waals surface area contributed by atoms with E-state index in [4.69, 9.17) is 5.73 Å². The summed E-state index contributed by atoms with van der Waals surface area (Å²) in [5, 5.41) is 9.25. The van der Waals surface area contributed by atoms with E-state index in [9.17, 15) is 5.11 Å². The predicted molar refractivity (Wildman–Crippen MR) is 74.8 cm³/mol. The zero-order valence-corrected chi connectivity index (χ0v) is 10.4. The van der Waals surface area contributed by atoms with Gasteiger partial charge in [0.1, 0.15) is 11.6 Å². The van der Waals surface area contributed by atoms with Gasteiger partial charge in [-0.3, -0.25) is 0 Å². The lowest BCUT2D eigenvalue weighted by Gasteiger charge is -2.08. The molecule has 0 saturated carbocycles. The Morgan fingerprint density at radius 1 is 1.11 bits per heavy atom. The van der Waals surface area contributed by atoms with Crippen LogP contribution in [-0.4, -0.2) is 15.1 Å². The summed E-state index contributed by atoms with van der Waals surface area (Å²) in [6, 6.07) is 14.8. The Hall–Kier alpha value is -2.33. The molecule has 4 heteroatoms. The number of hydrogen-bond donors (Lipinski definition) is 3.